The Balaban J connectivity index is 1.82. The van der Waals surface area contributed by atoms with Crippen molar-refractivity contribution in [1.29, 1.82) is 0 Å². The molecule has 0 amide bonds. The molecule has 0 aromatic heterocycles. The lowest BCUT2D eigenvalue weighted by Crippen LogP contribution is -2.51. The second-order valence-electron chi connectivity index (χ2n) is 9.01. The summed E-state index contributed by atoms with van der Waals surface area (Å²) in [5.74, 6) is 0.840. The standard InChI is InChI=1S/C21H34O4/c1-14(12-18(22)23)8-10-20(3)15(2)9-11-21-13-25-19(24-4)16(21)6-5-7-17(20)21/h6,14-15,17,19H,5,7-13H2,1-4H3,(H,22,23)/t14-,15+,17+,19-,20-,21+/m0/s1. The normalized spacial score (nSPS) is 41.6. The van der Waals surface area contributed by atoms with E-state index in [4.69, 9.17) is 14.6 Å². The van der Waals surface area contributed by atoms with E-state index in [1.54, 1.807) is 7.11 Å². The molecular weight excluding hydrogens is 316 g/mol. The first-order valence-corrected chi connectivity index (χ1v) is 9.90. The minimum Gasteiger partial charge on any atom is -0.481 e. The number of methoxy groups -OCH3 is 1. The number of carboxylic acids is 1. The molecule has 4 heteroatoms. The largest absolute Gasteiger partial charge is 0.481 e. The van der Waals surface area contributed by atoms with Gasteiger partial charge in [-0.1, -0.05) is 26.8 Å². The van der Waals surface area contributed by atoms with Crippen LogP contribution in [0.2, 0.25) is 0 Å². The Morgan fingerprint density at radius 2 is 2.24 bits per heavy atom. The number of allylic oxidation sites excluding steroid dienone is 1. The van der Waals surface area contributed by atoms with Crippen molar-refractivity contribution in [2.24, 2.45) is 28.6 Å². The van der Waals surface area contributed by atoms with Gasteiger partial charge in [0.2, 0.25) is 0 Å². The molecule has 1 aliphatic heterocycles. The minimum absolute atomic E-state index is 0.149. The lowest BCUT2D eigenvalue weighted by atomic mass is 9.46. The van der Waals surface area contributed by atoms with Crippen LogP contribution in [0.25, 0.3) is 0 Å². The second-order valence-corrected chi connectivity index (χ2v) is 9.01. The van der Waals surface area contributed by atoms with Crippen LogP contribution >= 0.6 is 0 Å². The molecule has 0 bridgehead atoms. The van der Waals surface area contributed by atoms with Crippen LogP contribution in [0.5, 0.6) is 0 Å². The molecule has 0 aromatic carbocycles. The van der Waals surface area contributed by atoms with Crippen LogP contribution < -0.4 is 0 Å². The van der Waals surface area contributed by atoms with Gasteiger partial charge in [-0.2, -0.15) is 0 Å². The SMILES string of the molecule is CO[C@H]1OC[C@@]23CC[C@@H](C)[C@](C)(CC[C@H](C)CC(=O)O)[C@H]2CCC=C13. The summed E-state index contributed by atoms with van der Waals surface area (Å²) < 4.78 is 11.7. The maximum atomic E-state index is 11.0. The van der Waals surface area contributed by atoms with Gasteiger partial charge in [0, 0.05) is 18.9 Å². The number of aliphatic carboxylic acids is 1. The molecule has 4 nitrogen and oxygen atoms in total. The first-order chi connectivity index (χ1) is 11.8. The number of hydrogen-bond donors (Lipinski definition) is 1. The second kappa shape index (κ2) is 7.03. The van der Waals surface area contributed by atoms with E-state index in [0.717, 1.165) is 25.9 Å². The molecule has 2 fully saturated rings. The van der Waals surface area contributed by atoms with Crippen LogP contribution in [0, 0.1) is 28.6 Å². The van der Waals surface area contributed by atoms with Crippen molar-refractivity contribution >= 4 is 5.97 Å². The molecule has 2 aliphatic carbocycles. The van der Waals surface area contributed by atoms with Crippen molar-refractivity contribution < 1.29 is 19.4 Å². The third kappa shape index (κ3) is 3.16. The Bertz CT molecular complexity index is 542. The number of ether oxygens (including phenoxy) is 2. The van der Waals surface area contributed by atoms with E-state index in [-0.39, 0.29) is 29.5 Å². The Labute approximate surface area is 152 Å². The highest BCUT2D eigenvalue weighted by Gasteiger charge is 2.60. The number of hydrogen-bond acceptors (Lipinski definition) is 3. The molecule has 142 valence electrons. The molecule has 25 heavy (non-hydrogen) atoms. The van der Waals surface area contributed by atoms with Crippen molar-refractivity contribution in [3.8, 4) is 0 Å². The molecule has 1 heterocycles. The van der Waals surface area contributed by atoms with Crippen LogP contribution in [0.15, 0.2) is 11.6 Å². The van der Waals surface area contributed by atoms with Gasteiger partial charge in [0.25, 0.3) is 0 Å². The molecule has 1 saturated carbocycles. The molecule has 0 unspecified atom stereocenters. The maximum Gasteiger partial charge on any atom is 0.303 e. The smallest absolute Gasteiger partial charge is 0.303 e. The summed E-state index contributed by atoms with van der Waals surface area (Å²) in [6.07, 6.45) is 9.35. The number of carbonyl (C=O) groups is 1. The molecule has 1 N–H and O–H groups in total. The predicted octanol–water partition coefficient (Wildman–Crippen LogP) is 4.64. The molecule has 3 aliphatic rings. The average molecular weight is 350 g/mol. The van der Waals surface area contributed by atoms with Gasteiger partial charge < -0.3 is 14.6 Å². The summed E-state index contributed by atoms with van der Waals surface area (Å²) in [5, 5.41) is 9.06. The summed E-state index contributed by atoms with van der Waals surface area (Å²) in [5.41, 5.74) is 1.79. The highest BCUT2D eigenvalue weighted by atomic mass is 16.7. The summed E-state index contributed by atoms with van der Waals surface area (Å²) in [7, 11) is 1.74. The van der Waals surface area contributed by atoms with Crippen LogP contribution in [0.1, 0.15) is 65.7 Å². The van der Waals surface area contributed by atoms with E-state index in [1.807, 2.05) is 0 Å². The van der Waals surface area contributed by atoms with E-state index >= 15 is 0 Å². The van der Waals surface area contributed by atoms with Gasteiger partial charge in [-0.05, 0) is 67.3 Å². The molecule has 6 atom stereocenters. The molecule has 1 spiro atoms. The number of rotatable bonds is 6. The van der Waals surface area contributed by atoms with Crippen molar-refractivity contribution in [3.05, 3.63) is 11.6 Å². The van der Waals surface area contributed by atoms with Crippen molar-refractivity contribution in [1.82, 2.24) is 0 Å². The maximum absolute atomic E-state index is 11.0. The van der Waals surface area contributed by atoms with E-state index in [9.17, 15) is 4.79 Å². The van der Waals surface area contributed by atoms with Crippen LogP contribution in [-0.2, 0) is 14.3 Å². The van der Waals surface area contributed by atoms with Gasteiger partial charge in [0.15, 0.2) is 6.29 Å². The summed E-state index contributed by atoms with van der Waals surface area (Å²) in [6, 6.07) is 0. The lowest BCUT2D eigenvalue weighted by Gasteiger charge is -2.57. The van der Waals surface area contributed by atoms with Crippen molar-refractivity contribution in [2.75, 3.05) is 13.7 Å². The molecular formula is C21H34O4. The van der Waals surface area contributed by atoms with Crippen LogP contribution in [-0.4, -0.2) is 31.1 Å². The van der Waals surface area contributed by atoms with E-state index < -0.39 is 5.97 Å². The van der Waals surface area contributed by atoms with E-state index in [2.05, 4.69) is 26.8 Å². The Morgan fingerprint density at radius 1 is 1.48 bits per heavy atom. The minimum atomic E-state index is -0.680. The molecule has 0 aromatic rings. The van der Waals surface area contributed by atoms with Crippen molar-refractivity contribution in [3.63, 3.8) is 0 Å². The summed E-state index contributed by atoms with van der Waals surface area (Å²) >= 11 is 0. The topological polar surface area (TPSA) is 55.8 Å². The van der Waals surface area contributed by atoms with Crippen LogP contribution in [0.3, 0.4) is 0 Å². The highest BCUT2D eigenvalue weighted by molar-refractivity contribution is 5.66. The fraction of sp³-hybridized carbons (Fsp3) is 0.857. The number of carboxylic acid groups (broad SMARTS) is 1. The van der Waals surface area contributed by atoms with Crippen molar-refractivity contribution in [2.45, 2.75) is 72.0 Å². The van der Waals surface area contributed by atoms with Gasteiger partial charge in [-0.15, -0.1) is 0 Å². The summed E-state index contributed by atoms with van der Waals surface area (Å²) in [4.78, 5) is 11.0. The average Bonchev–Trinajstić information content (AvgIpc) is 2.94. The predicted molar refractivity (Wildman–Crippen MR) is 97.1 cm³/mol. The van der Waals surface area contributed by atoms with Gasteiger partial charge in [0.05, 0.1) is 6.61 Å². The third-order valence-electron chi connectivity index (χ3n) is 7.67. The monoisotopic (exact) mass is 350 g/mol. The Hall–Kier alpha value is -0.870. The molecule has 1 saturated heterocycles. The first kappa shape index (κ1) is 18.9. The highest BCUT2D eigenvalue weighted by Crippen LogP contribution is 2.64. The molecule has 3 rings (SSSR count). The fourth-order valence-corrected chi connectivity index (χ4v) is 5.99. The fourth-order valence-electron chi connectivity index (χ4n) is 5.99. The van der Waals surface area contributed by atoms with Crippen LogP contribution in [0.4, 0.5) is 0 Å². The van der Waals surface area contributed by atoms with Gasteiger partial charge in [0.1, 0.15) is 0 Å². The molecule has 0 radical (unpaired) electrons. The first-order valence-electron chi connectivity index (χ1n) is 9.90. The third-order valence-corrected chi connectivity index (χ3v) is 7.67. The quantitative estimate of drug-likeness (QED) is 0.709. The Kier molecular flexibility index (Phi) is 5.32. The van der Waals surface area contributed by atoms with Gasteiger partial charge in [-0.25, -0.2) is 0 Å². The zero-order chi connectivity index (χ0) is 18.2. The zero-order valence-corrected chi connectivity index (χ0v) is 16.2. The van der Waals surface area contributed by atoms with E-state index in [1.165, 1.54) is 24.8 Å². The van der Waals surface area contributed by atoms with E-state index in [0.29, 0.717) is 11.8 Å². The zero-order valence-electron chi connectivity index (χ0n) is 16.2. The Morgan fingerprint density at radius 3 is 2.92 bits per heavy atom. The van der Waals surface area contributed by atoms with Gasteiger partial charge >= 0.3 is 5.97 Å². The summed E-state index contributed by atoms with van der Waals surface area (Å²) in [6.45, 7) is 7.72. The lowest BCUT2D eigenvalue weighted by molar-refractivity contribution is -0.138. The van der Waals surface area contributed by atoms with Gasteiger partial charge in [-0.3, -0.25) is 4.79 Å².